The zero-order valence-electron chi connectivity index (χ0n) is 10.1. The largest absolute Gasteiger partial charge is 0.355 e. The van der Waals surface area contributed by atoms with Crippen molar-refractivity contribution in [2.75, 3.05) is 18.0 Å². The zero-order valence-corrected chi connectivity index (χ0v) is 10.9. The Morgan fingerprint density at radius 2 is 2.22 bits per heavy atom. The molecule has 3 heterocycles. The van der Waals surface area contributed by atoms with Crippen LogP contribution in [0.2, 0.25) is 0 Å². The summed E-state index contributed by atoms with van der Waals surface area (Å²) in [5, 5.41) is 2.09. The molecule has 4 nitrogen and oxygen atoms in total. The molecule has 0 aromatic carbocycles. The Morgan fingerprint density at radius 3 is 3.11 bits per heavy atom. The van der Waals surface area contributed by atoms with E-state index in [2.05, 4.69) is 26.3 Å². The van der Waals surface area contributed by atoms with Gasteiger partial charge in [-0.25, -0.2) is 9.97 Å². The van der Waals surface area contributed by atoms with Crippen molar-refractivity contribution in [1.29, 1.82) is 0 Å². The number of anilines is 1. The van der Waals surface area contributed by atoms with Gasteiger partial charge < -0.3 is 10.6 Å². The van der Waals surface area contributed by atoms with Crippen LogP contribution < -0.4 is 10.6 Å². The lowest BCUT2D eigenvalue weighted by Gasteiger charge is -2.19. The zero-order chi connectivity index (χ0) is 12.1. The third-order valence-electron chi connectivity index (χ3n) is 4.44. The fourth-order valence-corrected chi connectivity index (χ4v) is 4.34. The van der Waals surface area contributed by atoms with Crippen molar-refractivity contribution in [1.82, 2.24) is 9.97 Å². The first kappa shape index (κ1) is 10.7. The second kappa shape index (κ2) is 3.90. The van der Waals surface area contributed by atoms with E-state index in [1.165, 1.54) is 17.5 Å². The Balaban J connectivity index is 1.70. The minimum atomic E-state index is 0.390. The lowest BCUT2D eigenvalue weighted by Crippen LogP contribution is -2.30. The normalized spacial score (nSPS) is 31.2. The molecule has 3 unspecified atom stereocenters. The fraction of sp³-hybridized carbons (Fsp3) is 0.538. The van der Waals surface area contributed by atoms with Crippen molar-refractivity contribution in [2.24, 2.45) is 17.6 Å². The average Bonchev–Trinajstić information content (AvgIpc) is 3.06. The smallest absolute Gasteiger partial charge is 0.150 e. The summed E-state index contributed by atoms with van der Waals surface area (Å²) >= 11 is 1.73. The topological polar surface area (TPSA) is 55.0 Å². The molecule has 1 aliphatic heterocycles. The first-order valence-corrected chi connectivity index (χ1v) is 7.39. The van der Waals surface area contributed by atoms with Gasteiger partial charge in [0.15, 0.2) is 0 Å². The van der Waals surface area contributed by atoms with E-state index in [0.29, 0.717) is 12.0 Å². The van der Waals surface area contributed by atoms with Crippen LogP contribution in [0.4, 0.5) is 5.82 Å². The predicted molar refractivity (Wildman–Crippen MR) is 73.8 cm³/mol. The van der Waals surface area contributed by atoms with E-state index in [-0.39, 0.29) is 0 Å². The summed E-state index contributed by atoms with van der Waals surface area (Å²) in [5.74, 6) is 2.54. The highest BCUT2D eigenvalue weighted by Crippen LogP contribution is 2.40. The Kier molecular flexibility index (Phi) is 2.32. The second-order valence-electron chi connectivity index (χ2n) is 5.40. The summed E-state index contributed by atoms with van der Waals surface area (Å²) in [5.41, 5.74) is 7.26. The van der Waals surface area contributed by atoms with E-state index in [1.54, 1.807) is 17.7 Å². The van der Waals surface area contributed by atoms with Gasteiger partial charge in [0.25, 0.3) is 0 Å². The number of fused-ring (bicyclic) bond motifs is 2. The molecule has 0 bridgehead atoms. The number of aromatic nitrogens is 2. The molecule has 3 atom stereocenters. The summed E-state index contributed by atoms with van der Waals surface area (Å²) in [7, 11) is 0. The molecule has 4 rings (SSSR count). The van der Waals surface area contributed by atoms with E-state index in [1.807, 2.05) is 0 Å². The van der Waals surface area contributed by atoms with Gasteiger partial charge in [-0.05, 0) is 36.1 Å². The van der Waals surface area contributed by atoms with Crippen molar-refractivity contribution >= 4 is 27.4 Å². The maximum absolute atomic E-state index is 6.20. The Hall–Kier alpha value is -1.20. The molecule has 0 amide bonds. The molecule has 2 aromatic rings. The maximum atomic E-state index is 6.20. The molecule has 1 saturated carbocycles. The first-order valence-electron chi connectivity index (χ1n) is 6.51. The van der Waals surface area contributed by atoms with Crippen LogP contribution in [0.1, 0.15) is 12.8 Å². The predicted octanol–water partition coefficient (Wildman–Crippen LogP) is 1.86. The highest BCUT2D eigenvalue weighted by molar-refractivity contribution is 7.17. The van der Waals surface area contributed by atoms with E-state index < -0.39 is 0 Å². The van der Waals surface area contributed by atoms with Gasteiger partial charge in [-0.15, -0.1) is 11.3 Å². The molecule has 18 heavy (non-hydrogen) atoms. The van der Waals surface area contributed by atoms with E-state index >= 15 is 0 Å². The molecule has 2 aliphatic rings. The molecule has 0 radical (unpaired) electrons. The maximum Gasteiger partial charge on any atom is 0.150 e. The third-order valence-corrected chi connectivity index (χ3v) is 5.34. The molecular formula is C13H16N4S. The van der Waals surface area contributed by atoms with Crippen LogP contribution in [0.25, 0.3) is 10.2 Å². The van der Waals surface area contributed by atoms with E-state index in [9.17, 15) is 0 Å². The SMILES string of the molecule is NC1CCC2CN(c3ncnc4ccsc34)CC12. The highest BCUT2D eigenvalue weighted by atomic mass is 32.1. The van der Waals surface area contributed by atoms with E-state index in [4.69, 9.17) is 5.73 Å². The van der Waals surface area contributed by atoms with Crippen LogP contribution in [0, 0.1) is 11.8 Å². The Morgan fingerprint density at radius 1 is 1.28 bits per heavy atom. The Bertz CT molecular complexity index is 581. The van der Waals surface area contributed by atoms with Gasteiger partial charge in [-0.2, -0.15) is 0 Å². The molecule has 1 aliphatic carbocycles. The summed E-state index contributed by atoms with van der Waals surface area (Å²) in [6, 6.07) is 2.45. The number of hydrogen-bond acceptors (Lipinski definition) is 5. The molecule has 1 saturated heterocycles. The van der Waals surface area contributed by atoms with Gasteiger partial charge in [0.2, 0.25) is 0 Å². The number of nitrogens with two attached hydrogens (primary N) is 1. The van der Waals surface area contributed by atoms with Gasteiger partial charge in [-0.3, -0.25) is 0 Å². The monoisotopic (exact) mass is 260 g/mol. The molecular weight excluding hydrogens is 244 g/mol. The van der Waals surface area contributed by atoms with Crippen LogP contribution >= 0.6 is 11.3 Å². The van der Waals surface area contributed by atoms with Crippen LogP contribution in [-0.4, -0.2) is 29.1 Å². The van der Waals surface area contributed by atoms with Crippen molar-refractivity contribution in [3.63, 3.8) is 0 Å². The fourth-order valence-electron chi connectivity index (χ4n) is 3.48. The highest BCUT2D eigenvalue weighted by Gasteiger charge is 2.41. The summed E-state index contributed by atoms with van der Waals surface area (Å²) in [4.78, 5) is 11.2. The molecule has 94 valence electrons. The summed E-state index contributed by atoms with van der Waals surface area (Å²) in [6.45, 7) is 2.18. The lowest BCUT2D eigenvalue weighted by molar-refractivity contribution is 0.453. The second-order valence-corrected chi connectivity index (χ2v) is 6.32. The third kappa shape index (κ3) is 1.47. The molecule has 5 heteroatoms. The molecule has 2 aromatic heterocycles. The van der Waals surface area contributed by atoms with Crippen LogP contribution in [0.15, 0.2) is 17.8 Å². The lowest BCUT2D eigenvalue weighted by atomic mass is 9.98. The average molecular weight is 260 g/mol. The number of nitrogens with zero attached hydrogens (tertiary/aromatic N) is 3. The van der Waals surface area contributed by atoms with Crippen LogP contribution in [0.5, 0.6) is 0 Å². The number of hydrogen-bond donors (Lipinski definition) is 1. The van der Waals surface area contributed by atoms with Crippen molar-refractivity contribution in [2.45, 2.75) is 18.9 Å². The quantitative estimate of drug-likeness (QED) is 0.850. The van der Waals surface area contributed by atoms with Gasteiger partial charge in [-0.1, -0.05) is 0 Å². The minimum absolute atomic E-state index is 0.390. The van der Waals surface area contributed by atoms with Crippen molar-refractivity contribution < 1.29 is 0 Å². The molecule has 2 N–H and O–H groups in total. The van der Waals surface area contributed by atoms with Gasteiger partial charge in [0, 0.05) is 19.1 Å². The van der Waals surface area contributed by atoms with Crippen LogP contribution in [-0.2, 0) is 0 Å². The standard InChI is InChI=1S/C13H16N4S/c14-10-2-1-8-5-17(6-9(8)10)13-12-11(3-4-18-12)15-7-16-13/h3-4,7-10H,1-2,5-6,14H2. The Labute approximate surface area is 110 Å². The number of thiophene rings is 1. The summed E-state index contributed by atoms with van der Waals surface area (Å²) < 4.78 is 1.21. The molecule has 0 spiro atoms. The van der Waals surface area contributed by atoms with Crippen molar-refractivity contribution in [3.8, 4) is 0 Å². The first-order chi connectivity index (χ1) is 8.83. The minimum Gasteiger partial charge on any atom is -0.355 e. The van der Waals surface area contributed by atoms with Gasteiger partial charge >= 0.3 is 0 Å². The summed E-state index contributed by atoms with van der Waals surface area (Å²) in [6.07, 6.45) is 4.15. The molecule has 2 fully saturated rings. The van der Waals surface area contributed by atoms with Gasteiger partial charge in [0.05, 0.1) is 10.2 Å². The van der Waals surface area contributed by atoms with Crippen LogP contribution in [0.3, 0.4) is 0 Å². The number of rotatable bonds is 1. The van der Waals surface area contributed by atoms with E-state index in [0.717, 1.165) is 30.3 Å². The van der Waals surface area contributed by atoms with Crippen molar-refractivity contribution in [3.05, 3.63) is 17.8 Å². The van der Waals surface area contributed by atoms with Gasteiger partial charge in [0.1, 0.15) is 12.1 Å².